The number of hydrogen-bond acceptors (Lipinski definition) is 5. The van der Waals surface area contributed by atoms with Crippen LogP contribution in [0.4, 0.5) is 5.69 Å². The molecule has 0 saturated heterocycles. The van der Waals surface area contributed by atoms with Gasteiger partial charge in [0.2, 0.25) is 5.91 Å². The minimum atomic E-state index is -0.295. The Labute approximate surface area is 195 Å². The zero-order valence-electron chi connectivity index (χ0n) is 18.5. The highest BCUT2D eigenvalue weighted by Gasteiger charge is 2.22. The molecule has 164 valence electrons. The van der Waals surface area contributed by atoms with Crippen molar-refractivity contribution in [2.24, 2.45) is 0 Å². The molecule has 0 fully saturated rings. The van der Waals surface area contributed by atoms with E-state index in [-0.39, 0.29) is 16.7 Å². The maximum absolute atomic E-state index is 13.2. The predicted molar refractivity (Wildman–Crippen MR) is 136 cm³/mol. The number of aryl methyl sites for hydroxylation is 2. The van der Waals surface area contributed by atoms with Gasteiger partial charge < -0.3 is 9.88 Å². The second-order valence-corrected chi connectivity index (χ2v) is 10.2. The zero-order valence-corrected chi connectivity index (χ0v) is 20.1. The van der Waals surface area contributed by atoms with Crippen molar-refractivity contribution < 1.29 is 4.79 Å². The smallest absolute Gasteiger partial charge is 0.259 e. The number of benzene rings is 2. The number of H-pyrrole nitrogens is 1. The first-order chi connectivity index (χ1) is 15.4. The number of aromatic amines is 1. The van der Waals surface area contributed by atoms with Crippen LogP contribution < -0.4 is 10.5 Å². The summed E-state index contributed by atoms with van der Waals surface area (Å²) in [5, 5.41) is 0.374. The molecule has 0 radical (unpaired) electrons. The topological polar surface area (TPSA) is 66.1 Å². The predicted octanol–water partition coefficient (Wildman–Crippen LogP) is 5.55. The first-order valence-electron chi connectivity index (χ1n) is 10.4. The van der Waals surface area contributed by atoms with Crippen LogP contribution in [0.25, 0.3) is 21.3 Å². The van der Waals surface area contributed by atoms with Gasteiger partial charge in [-0.15, -0.1) is 23.1 Å². The van der Waals surface area contributed by atoms with Gasteiger partial charge in [0.25, 0.3) is 5.56 Å². The maximum Gasteiger partial charge on any atom is 0.259 e. The van der Waals surface area contributed by atoms with Crippen molar-refractivity contribution in [3.8, 4) is 11.1 Å². The van der Waals surface area contributed by atoms with E-state index in [1.54, 1.807) is 4.90 Å². The van der Waals surface area contributed by atoms with Crippen LogP contribution in [0.3, 0.4) is 0 Å². The second-order valence-electron chi connectivity index (χ2n) is 7.71. The number of carbonyl (C=O) groups excluding carboxylic acids is 1. The standard InChI is InChI=1S/C25H25N3O2S2/c1-15-16(2)32-24-22(15)23(29)26-21(27-24)14-31-17(3)25(30)28(4)20-13-9-8-12-19(20)18-10-6-5-7-11-18/h5-13,17H,14H2,1-4H3,(H,26,27,29). The van der Waals surface area contributed by atoms with Crippen molar-refractivity contribution in [3.05, 3.63) is 81.2 Å². The third kappa shape index (κ3) is 4.36. The molecule has 4 aromatic rings. The van der Waals surface area contributed by atoms with Gasteiger partial charge in [0, 0.05) is 17.5 Å². The number of hydrogen-bond donors (Lipinski definition) is 1. The van der Waals surface area contributed by atoms with Crippen LogP contribution in [0.5, 0.6) is 0 Å². The van der Waals surface area contributed by atoms with E-state index in [1.165, 1.54) is 23.1 Å². The van der Waals surface area contributed by atoms with Crippen LogP contribution in [-0.4, -0.2) is 28.2 Å². The number of thiophene rings is 1. The lowest BCUT2D eigenvalue weighted by atomic mass is 10.0. The first kappa shape index (κ1) is 22.3. The molecule has 5 nitrogen and oxygen atoms in total. The number of nitrogens with one attached hydrogen (secondary N) is 1. The van der Waals surface area contributed by atoms with Gasteiger partial charge in [-0.3, -0.25) is 9.59 Å². The van der Waals surface area contributed by atoms with E-state index < -0.39 is 0 Å². The van der Waals surface area contributed by atoms with Crippen molar-refractivity contribution in [3.63, 3.8) is 0 Å². The number of rotatable bonds is 6. The van der Waals surface area contributed by atoms with E-state index in [1.807, 2.05) is 82.4 Å². The molecule has 0 spiro atoms. The molecule has 1 amide bonds. The molecular formula is C25H25N3O2S2. The van der Waals surface area contributed by atoms with E-state index in [0.29, 0.717) is 17.0 Å². The highest BCUT2D eigenvalue weighted by molar-refractivity contribution is 7.99. The van der Waals surface area contributed by atoms with Crippen LogP contribution in [0.2, 0.25) is 0 Å². The van der Waals surface area contributed by atoms with E-state index in [9.17, 15) is 9.59 Å². The number of anilines is 1. The Morgan fingerprint density at radius 1 is 1.12 bits per heavy atom. The highest BCUT2D eigenvalue weighted by atomic mass is 32.2. The number of thioether (sulfide) groups is 1. The molecule has 0 saturated carbocycles. The molecule has 0 bridgehead atoms. The number of amides is 1. The largest absolute Gasteiger partial charge is 0.314 e. The summed E-state index contributed by atoms with van der Waals surface area (Å²) in [5.41, 5.74) is 3.83. The lowest BCUT2D eigenvalue weighted by Gasteiger charge is -2.24. The van der Waals surface area contributed by atoms with E-state index in [0.717, 1.165) is 32.1 Å². The van der Waals surface area contributed by atoms with Crippen molar-refractivity contribution in [1.29, 1.82) is 0 Å². The Bertz CT molecular complexity index is 1330. The Kier molecular flexibility index (Phi) is 6.48. The lowest BCUT2D eigenvalue weighted by Crippen LogP contribution is -2.33. The molecule has 2 heterocycles. The number of para-hydroxylation sites is 1. The van der Waals surface area contributed by atoms with Gasteiger partial charge in [0.05, 0.1) is 22.1 Å². The fourth-order valence-electron chi connectivity index (χ4n) is 3.66. The van der Waals surface area contributed by atoms with Gasteiger partial charge in [-0.1, -0.05) is 48.5 Å². The van der Waals surface area contributed by atoms with Gasteiger partial charge >= 0.3 is 0 Å². The summed E-state index contributed by atoms with van der Waals surface area (Å²) in [6.07, 6.45) is 0. The molecule has 1 atom stereocenters. The number of carbonyl (C=O) groups is 1. The molecule has 0 aliphatic heterocycles. The molecule has 2 aromatic heterocycles. The molecule has 4 rings (SSSR count). The SMILES string of the molecule is Cc1sc2nc(CSC(C)C(=O)N(C)c3ccccc3-c3ccccc3)[nH]c(=O)c2c1C. The van der Waals surface area contributed by atoms with Crippen LogP contribution in [0.1, 0.15) is 23.2 Å². The summed E-state index contributed by atoms with van der Waals surface area (Å²) >= 11 is 3.01. The fraction of sp³-hybridized carbons (Fsp3) is 0.240. The number of nitrogens with zero attached hydrogens (tertiary/aromatic N) is 2. The summed E-state index contributed by atoms with van der Waals surface area (Å²) in [7, 11) is 1.81. The van der Waals surface area contributed by atoms with E-state index in [4.69, 9.17) is 0 Å². The normalized spacial score (nSPS) is 12.1. The number of fused-ring (bicyclic) bond motifs is 1. The van der Waals surface area contributed by atoms with Crippen LogP contribution in [-0.2, 0) is 10.5 Å². The van der Waals surface area contributed by atoms with Gasteiger partial charge in [-0.05, 0) is 38.0 Å². The summed E-state index contributed by atoms with van der Waals surface area (Å²) in [5.74, 6) is 1.06. The highest BCUT2D eigenvalue weighted by Crippen LogP contribution is 2.31. The Morgan fingerprint density at radius 2 is 1.81 bits per heavy atom. The minimum Gasteiger partial charge on any atom is -0.314 e. The minimum absolute atomic E-state index is 0.00428. The molecule has 0 aliphatic carbocycles. The Hall–Kier alpha value is -2.90. The third-order valence-electron chi connectivity index (χ3n) is 5.59. The quantitative estimate of drug-likeness (QED) is 0.407. The first-order valence-corrected chi connectivity index (χ1v) is 12.3. The fourth-order valence-corrected chi connectivity index (χ4v) is 5.56. The van der Waals surface area contributed by atoms with E-state index >= 15 is 0 Å². The van der Waals surface area contributed by atoms with E-state index in [2.05, 4.69) is 9.97 Å². The Balaban J connectivity index is 1.50. The zero-order chi connectivity index (χ0) is 22.8. The molecular weight excluding hydrogens is 438 g/mol. The maximum atomic E-state index is 13.2. The van der Waals surface area contributed by atoms with Crippen molar-refractivity contribution in [2.75, 3.05) is 11.9 Å². The monoisotopic (exact) mass is 463 g/mol. The molecule has 1 N–H and O–H groups in total. The van der Waals surface area contributed by atoms with Gasteiger partial charge in [0.15, 0.2) is 0 Å². The average molecular weight is 464 g/mol. The van der Waals surface area contributed by atoms with Crippen molar-refractivity contribution >= 4 is 44.9 Å². The van der Waals surface area contributed by atoms with Crippen molar-refractivity contribution in [1.82, 2.24) is 9.97 Å². The van der Waals surface area contributed by atoms with Crippen LogP contribution >= 0.6 is 23.1 Å². The summed E-state index contributed by atoms with van der Waals surface area (Å²) in [6, 6.07) is 18.0. The van der Waals surface area contributed by atoms with Gasteiger partial charge in [-0.25, -0.2) is 4.98 Å². The van der Waals surface area contributed by atoms with Crippen LogP contribution in [0.15, 0.2) is 59.4 Å². The number of aromatic nitrogens is 2. The second kappa shape index (κ2) is 9.30. The molecule has 0 aliphatic rings. The molecule has 2 aromatic carbocycles. The van der Waals surface area contributed by atoms with Gasteiger partial charge in [-0.2, -0.15) is 0 Å². The summed E-state index contributed by atoms with van der Waals surface area (Å²) in [4.78, 5) is 36.8. The molecule has 1 unspecified atom stereocenters. The summed E-state index contributed by atoms with van der Waals surface area (Å²) in [6.45, 7) is 5.84. The average Bonchev–Trinajstić information content (AvgIpc) is 3.10. The van der Waals surface area contributed by atoms with Crippen LogP contribution in [0, 0.1) is 13.8 Å². The molecule has 7 heteroatoms. The lowest BCUT2D eigenvalue weighted by molar-refractivity contribution is -0.117. The molecule has 32 heavy (non-hydrogen) atoms. The summed E-state index contributed by atoms with van der Waals surface area (Å²) < 4.78 is 0. The Morgan fingerprint density at radius 3 is 2.56 bits per heavy atom. The van der Waals surface area contributed by atoms with Gasteiger partial charge in [0.1, 0.15) is 10.7 Å². The van der Waals surface area contributed by atoms with Crippen molar-refractivity contribution in [2.45, 2.75) is 31.8 Å². The third-order valence-corrected chi connectivity index (χ3v) is 7.83.